The van der Waals surface area contributed by atoms with E-state index in [1.54, 1.807) is 37.4 Å². The molecule has 25 heavy (non-hydrogen) atoms. The van der Waals surface area contributed by atoms with E-state index in [0.29, 0.717) is 5.57 Å². The van der Waals surface area contributed by atoms with E-state index < -0.39 is 4.92 Å². The minimum Gasteiger partial charge on any atom is -0.339 e. The Kier molecular flexibility index (Phi) is 4.35. The van der Waals surface area contributed by atoms with Gasteiger partial charge in [0.1, 0.15) is 5.82 Å². The predicted molar refractivity (Wildman–Crippen MR) is 92.6 cm³/mol. The van der Waals surface area contributed by atoms with Crippen molar-refractivity contribution in [2.75, 3.05) is 4.90 Å². The minimum absolute atomic E-state index is 0.00363. The molecule has 0 bridgehead atoms. The van der Waals surface area contributed by atoms with Gasteiger partial charge < -0.3 is 4.90 Å². The zero-order valence-electron chi connectivity index (χ0n) is 13.8. The van der Waals surface area contributed by atoms with Gasteiger partial charge >= 0.3 is 0 Å². The van der Waals surface area contributed by atoms with Crippen molar-refractivity contribution in [1.29, 1.82) is 0 Å². The number of halogens is 1. The molecule has 2 atom stereocenters. The summed E-state index contributed by atoms with van der Waals surface area (Å²) in [6.07, 6.45) is 1.75. The lowest BCUT2D eigenvalue weighted by atomic mass is 9.84. The molecule has 0 amide bonds. The average Bonchev–Trinajstić information content (AvgIpc) is 2.60. The fraction of sp³-hybridized carbons (Fsp3) is 0.211. The number of hydrogen-bond acceptors (Lipinski definition) is 4. The number of carbonyl (C=O) groups is 1. The number of benzene rings is 2. The van der Waals surface area contributed by atoms with E-state index in [1.165, 1.54) is 24.3 Å². The highest BCUT2D eigenvalue weighted by Gasteiger charge is 2.35. The molecule has 2 aromatic carbocycles. The first kappa shape index (κ1) is 16.8. The number of ketones is 1. The van der Waals surface area contributed by atoms with Gasteiger partial charge in [-0.3, -0.25) is 14.9 Å². The van der Waals surface area contributed by atoms with Crippen LogP contribution in [0, 0.1) is 21.8 Å². The van der Waals surface area contributed by atoms with Crippen LogP contribution in [0.15, 0.2) is 60.3 Å². The summed E-state index contributed by atoms with van der Waals surface area (Å²) < 4.78 is 13.3. The normalized spacial score (nSPS) is 20.4. The van der Waals surface area contributed by atoms with Gasteiger partial charge in [-0.15, -0.1) is 0 Å². The largest absolute Gasteiger partial charge is 0.339 e. The molecule has 0 spiro atoms. The highest BCUT2D eigenvalue weighted by Crippen LogP contribution is 2.39. The molecular formula is C19H17FN2O3. The maximum atomic E-state index is 13.3. The van der Waals surface area contributed by atoms with E-state index in [4.69, 9.17) is 0 Å². The Morgan fingerprint density at radius 1 is 1.08 bits per heavy atom. The standard InChI is InChI=1S/C19H17FN2O3/c1-12-11-21(16-7-9-17(10-8-16)22(24)25)18(13(2)19(12)23)14-3-5-15(20)6-4-14/h3-11,13,18H,1-2H3/t13-,18+/m1/s1. The molecule has 0 radical (unpaired) electrons. The summed E-state index contributed by atoms with van der Waals surface area (Å²) in [5.41, 5.74) is 2.16. The van der Waals surface area contributed by atoms with Crippen LogP contribution in [0.1, 0.15) is 25.5 Å². The summed E-state index contributed by atoms with van der Waals surface area (Å²) in [6, 6.07) is 11.9. The highest BCUT2D eigenvalue weighted by molar-refractivity contribution is 5.99. The monoisotopic (exact) mass is 340 g/mol. The fourth-order valence-electron chi connectivity index (χ4n) is 3.19. The lowest BCUT2D eigenvalue weighted by Crippen LogP contribution is -2.37. The Morgan fingerprint density at radius 2 is 1.68 bits per heavy atom. The molecule has 2 aromatic rings. The van der Waals surface area contributed by atoms with E-state index in [2.05, 4.69) is 0 Å². The number of carbonyl (C=O) groups excluding carboxylic acids is 1. The van der Waals surface area contributed by atoms with Crippen LogP contribution in [-0.4, -0.2) is 10.7 Å². The molecule has 128 valence electrons. The molecule has 0 N–H and O–H groups in total. The van der Waals surface area contributed by atoms with E-state index in [0.717, 1.165) is 11.3 Å². The highest BCUT2D eigenvalue weighted by atomic mass is 19.1. The zero-order chi connectivity index (χ0) is 18.1. The van der Waals surface area contributed by atoms with Crippen molar-refractivity contribution in [2.45, 2.75) is 19.9 Å². The van der Waals surface area contributed by atoms with E-state index >= 15 is 0 Å². The van der Waals surface area contributed by atoms with Gasteiger partial charge in [0.25, 0.3) is 5.69 Å². The molecule has 0 unspecified atom stereocenters. The molecule has 0 saturated heterocycles. The van der Waals surface area contributed by atoms with E-state index in [-0.39, 0.29) is 29.2 Å². The number of nitrogens with zero attached hydrogens (tertiary/aromatic N) is 2. The van der Waals surface area contributed by atoms with Crippen molar-refractivity contribution in [2.24, 2.45) is 5.92 Å². The van der Waals surface area contributed by atoms with Gasteiger partial charge in [-0.05, 0) is 36.8 Å². The van der Waals surface area contributed by atoms with Gasteiger partial charge in [-0.1, -0.05) is 19.1 Å². The third kappa shape index (κ3) is 3.15. The molecule has 3 rings (SSSR count). The van der Waals surface area contributed by atoms with Crippen molar-refractivity contribution in [3.05, 3.63) is 81.8 Å². The quantitative estimate of drug-likeness (QED) is 0.613. The summed E-state index contributed by atoms with van der Waals surface area (Å²) in [5, 5.41) is 10.9. The molecular weight excluding hydrogens is 323 g/mol. The number of allylic oxidation sites excluding steroid dienone is 1. The van der Waals surface area contributed by atoms with Crippen molar-refractivity contribution >= 4 is 17.2 Å². The first-order chi connectivity index (χ1) is 11.9. The molecule has 0 fully saturated rings. The summed E-state index contributed by atoms with van der Waals surface area (Å²) in [5.74, 6) is -0.634. The molecule has 0 aromatic heterocycles. The topological polar surface area (TPSA) is 63.4 Å². The lowest BCUT2D eigenvalue weighted by molar-refractivity contribution is -0.384. The van der Waals surface area contributed by atoms with Crippen LogP contribution in [0.25, 0.3) is 0 Å². The van der Waals surface area contributed by atoms with Crippen molar-refractivity contribution in [3.63, 3.8) is 0 Å². The maximum Gasteiger partial charge on any atom is 0.269 e. The fourth-order valence-corrected chi connectivity index (χ4v) is 3.19. The number of Topliss-reactive ketones (excluding diaryl/α,β-unsaturated/α-hetero) is 1. The van der Waals surface area contributed by atoms with Crippen LogP contribution >= 0.6 is 0 Å². The smallest absolute Gasteiger partial charge is 0.269 e. The Bertz CT molecular complexity index is 844. The Morgan fingerprint density at radius 3 is 2.24 bits per heavy atom. The Labute approximate surface area is 144 Å². The molecule has 5 nitrogen and oxygen atoms in total. The molecule has 6 heteroatoms. The molecule has 1 heterocycles. The van der Waals surface area contributed by atoms with Crippen molar-refractivity contribution in [3.8, 4) is 0 Å². The molecule has 0 saturated carbocycles. The van der Waals surface area contributed by atoms with Gasteiger partial charge in [0.05, 0.1) is 11.0 Å². The van der Waals surface area contributed by atoms with Gasteiger partial charge in [0.2, 0.25) is 0 Å². The third-order valence-corrected chi connectivity index (χ3v) is 4.48. The van der Waals surface area contributed by atoms with Crippen LogP contribution in [0.3, 0.4) is 0 Å². The summed E-state index contributed by atoms with van der Waals surface area (Å²) in [7, 11) is 0. The number of rotatable bonds is 3. The first-order valence-corrected chi connectivity index (χ1v) is 7.89. The first-order valence-electron chi connectivity index (χ1n) is 7.89. The van der Waals surface area contributed by atoms with Gasteiger partial charge in [0.15, 0.2) is 5.78 Å². The average molecular weight is 340 g/mol. The number of nitro groups is 1. The Balaban J connectivity index is 2.07. The van der Waals surface area contributed by atoms with E-state index in [1.807, 2.05) is 11.8 Å². The maximum absolute atomic E-state index is 13.3. The second kappa shape index (κ2) is 6.47. The van der Waals surface area contributed by atoms with Crippen LogP contribution < -0.4 is 4.90 Å². The predicted octanol–water partition coefficient (Wildman–Crippen LogP) is 4.40. The van der Waals surface area contributed by atoms with Crippen LogP contribution in [-0.2, 0) is 4.79 Å². The van der Waals surface area contributed by atoms with Crippen LogP contribution in [0.5, 0.6) is 0 Å². The third-order valence-electron chi connectivity index (χ3n) is 4.48. The van der Waals surface area contributed by atoms with Crippen molar-refractivity contribution < 1.29 is 14.1 Å². The minimum atomic E-state index is -0.454. The summed E-state index contributed by atoms with van der Waals surface area (Å²) in [4.78, 5) is 24.8. The Hall–Kier alpha value is -3.02. The SMILES string of the molecule is CC1=CN(c2ccc([N+](=O)[O-])cc2)[C@H](c2ccc(F)cc2)[C@@H](C)C1=O. The summed E-state index contributed by atoms with van der Waals surface area (Å²) >= 11 is 0. The zero-order valence-corrected chi connectivity index (χ0v) is 13.8. The van der Waals surface area contributed by atoms with Crippen molar-refractivity contribution in [1.82, 2.24) is 0 Å². The second-order valence-corrected chi connectivity index (χ2v) is 6.14. The number of hydrogen-bond donors (Lipinski definition) is 0. The number of non-ortho nitro benzene ring substituents is 1. The van der Waals surface area contributed by atoms with E-state index in [9.17, 15) is 19.3 Å². The number of nitro benzene ring substituents is 1. The molecule has 1 aliphatic rings. The number of anilines is 1. The van der Waals surface area contributed by atoms with Crippen LogP contribution in [0.4, 0.5) is 15.8 Å². The van der Waals surface area contributed by atoms with Gasteiger partial charge in [-0.2, -0.15) is 0 Å². The van der Waals surface area contributed by atoms with Crippen LogP contribution in [0.2, 0.25) is 0 Å². The molecule has 1 aliphatic heterocycles. The summed E-state index contributed by atoms with van der Waals surface area (Å²) in [6.45, 7) is 3.59. The lowest BCUT2D eigenvalue weighted by Gasteiger charge is -2.38. The second-order valence-electron chi connectivity index (χ2n) is 6.14. The van der Waals surface area contributed by atoms with Gasteiger partial charge in [0, 0.05) is 35.5 Å². The van der Waals surface area contributed by atoms with Gasteiger partial charge in [-0.25, -0.2) is 4.39 Å². The molecule has 0 aliphatic carbocycles.